The van der Waals surface area contributed by atoms with Crippen molar-refractivity contribution in [2.24, 2.45) is 0 Å². The van der Waals surface area contributed by atoms with Gasteiger partial charge >= 0.3 is 5.97 Å². The molecule has 0 aromatic rings. The van der Waals surface area contributed by atoms with Crippen LogP contribution in [0, 0.1) is 0 Å². The molecule has 0 spiro atoms. The molecule has 1 saturated heterocycles. The van der Waals surface area contributed by atoms with E-state index >= 15 is 0 Å². The molecule has 252 valence electrons. The second-order valence-electron chi connectivity index (χ2n) is 13.3. The van der Waals surface area contributed by atoms with Crippen molar-refractivity contribution < 1.29 is 39.8 Å². The summed E-state index contributed by atoms with van der Waals surface area (Å²) >= 11 is 0. The van der Waals surface area contributed by atoms with E-state index < -0.39 is 30.5 Å². The number of aliphatic hydroxyl groups excluding tert-OH is 5. The molecule has 8 nitrogen and oxygen atoms in total. The minimum absolute atomic E-state index is 0.217. The van der Waals surface area contributed by atoms with Crippen molar-refractivity contribution in [3.8, 4) is 0 Å². The summed E-state index contributed by atoms with van der Waals surface area (Å²) in [5.74, 6) is -0.339. The Morgan fingerprint density at radius 1 is 0.674 bits per heavy atom. The van der Waals surface area contributed by atoms with Gasteiger partial charge in [0, 0.05) is 12.0 Å². The zero-order valence-electron chi connectivity index (χ0n) is 27.2. The summed E-state index contributed by atoms with van der Waals surface area (Å²) in [5, 5.41) is 52.1. The van der Waals surface area contributed by atoms with Gasteiger partial charge in [0.25, 0.3) is 0 Å². The molecular weight excluding hydrogens is 548 g/mol. The topological polar surface area (TPSA) is 137 Å². The summed E-state index contributed by atoms with van der Waals surface area (Å²) in [6.45, 7) is 4.04. The summed E-state index contributed by atoms with van der Waals surface area (Å²) in [4.78, 5) is 11.7. The largest absolute Gasteiger partial charge is 0.455 e. The highest BCUT2D eigenvalue weighted by Gasteiger charge is 2.34. The highest BCUT2D eigenvalue weighted by atomic mass is 16.5. The summed E-state index contributed by atoms with van der Waals surface area (Å²) in [5.41, 5.74) is 0.547. The number of rotatable bonds is 26. The van der Waals surface area contributed by atoms with Crippen LogP contribution in [0.5, 0.6) is 0 Å². The molecule has 0 aromatic carbocycles. The molecule has 0 radical (unpaired) electrons. The lowest BCUT2D eigenvalue weighted by Gasteiger charge is -2.23. The molecule has 8 atom stereocenters. The van der Waals surface area contributed by atoms with E-state index in [1.54, 1.807) is 13.0 Å². The van der Waals surface area contributed by atoms with Crippen molar-refractivity contribution in [1.29, 1.82) is 0 Å². The predicted molar refractivity (Wildman–Crippen MR) is 170 cm³/mol. The average molecular weight is 613 g/mol. The number of hydrogen-bond donors (Lipinski definition) is 5. The molecule has 2 aliphatic heterocycles. The Hall–Kier alpha value is -1.03. The van der Waals surface area contributed by atoms with Gasteiger partial charge < -0.3 is 35.0 Å². The molecule has 8 heteroatoms. The molecule has 0 bridgehead atoms. The Balaban J connectivity index is 1.46. The first-order valence-corrected chi connectivity index (χ1v) is 17.7. The summed E-state index contributed by atoms with van der Waals surface area (Å²) < 4.78 is 11.1. The van der Waals surface area contributed by atoms with Gasteiger partial charge in [-0.15, -0.1) is 0 Å². The van der Waals surface area contributed by atoms with Crippen LogP contribution in [-0.4, -0.2) is 80.3 Å². The van der Waals surface area contributed by atoms with Crippen LogP contribution in [0.15, 0.2) is 11.6 Å². The Morgan fingerprint density at radius 3 is 1.74 bits per heavy atom. The van der Waals surface area contributed by atoms with Crippen LogP contribution in [0.3, 0.4) is 0 Å². The lowest BCUT2D eigenvalue weighted by Crippen LogP contribution is -2.31. The molecule has 43 heavy (non-hydrogen) atoms. The van der Waals surface area contributed by atoms with Crippen LogP contribution in [0.2, 0.25) is 0 Å². The van der Waals surface area contributed by atoms with E-state index in [1.165, 1.54) is 51.4 Å². The fraction of sp³-hybridized carbons (Fsp3) is 0.914. The van der Waals surface area contributed by atoms with Crippen molar-refractivity contribution in [2.45, 2.75) is 204 Å². The second kappa shape index (κ2) is 22.5. The Labute approximate surface area is 261 Å². The number of ether oxygens (including phenoxy) is 2. The number of unbranched alkanes of at least 4 members (excludes halogenated alkanes) is 11. The Morgan fingerprint density at radius 2 is 1.16 bits per heavy atom. The van der Waals surface area contributed by atoms with Gasteiger partial charge in [-0.2, -0.15) is 0 Å². The fourth-order valence-electron chi connectivity index (χ4n) is 6.45. The Bertz CT molecular complexity index is 758. The van der Waals surface area contributed by atoms with Gasteiger partial charge in [-0.25, -0.2) is 4.79 Å². The number of hydrogen-bond acceptors (Lipinski definition) is 8. The Kier molecular flexibility index (Phi) is 19.9. The van der Waals surface area contributed by atoms with Gasteiger partial charge in [-0.05, 0) is 64.4 Å². The molecule has 2 aliphatic rings. The minimum atomic E-state index is -0.688. The highest BCUT2D eigenvalue weighted by molar-refractivity contribution is 5.90. The van der Waals surface area contributed by atoms with E-state index in [1.807, 2.05) is 0 Å². The van der Waals surface area contributed by atoms with Gasteiger partial charge in [0.2, 0.25) is 0 Å². The summed E-state index contributed by atoms with van der Waals surface area (Å²) in [6.07, 6.45) is 17.9. The molecule has 2 rings (SSSR count). The van der Waals surface area contributed by atoms with Crippen molar-refractivity contribution in [2.75, 3.05) is 0 Å². The first kappa shape index (κ1) is 38.2. The third-order valence-corrected chi connectivity index (χ3v) is 9.16. The van der Waals surface area contributed by atoms with E-state index in [4.69, 9.17) is 9.47 Å². The fourth-order valence-corrected chi connectivity index (χ4v) is 6.45. The molecule has 0 unspecified atom stereocenters. The smallest absolute Gasteiger partial charge is 0.334 e. The molecule has 5 N–H and O–H groups in total. The van der Waals surface area contributed by atoms with Gasteiger partial charge in [-0.1, -0.05) is 90.4 Å². The molecule has 1 fully saturated rings. The molecule has 0 amide bonds. The van der Waals surface area contributed by atoms with Crippen molar-refractivity contribution >= 4 is 5.97 Å². The highest BCUT2D eigenvalue weighted by Crippen LogP contribution is 2.28. The van der Waals surface area contributed by atoms with Crippen LogP contribution in [-0.2, 0) is 14.3 Å². The monoisotopic (exact) mass is 612 g/mol. The van der Waals surface area contributed by atoms with Gasteiger partial charge in [0.15, 0.2) is 0 Å². The van der Waals surface area contributed by atoms with E-state index in [0.717, 1.165) is 51.4 Å². The third kappa shape index (κ3) is 16.7. The first-order valence-electron chi connectivity index (χ1n) is 17.7. The van der Waals surface area contributed by atoms with Crippen LogP contribution in [0.1, 0.15) is 155 Å². The van der Waals surface area contributed by atoms with Gasteiger partial charge in [0.1, 0.15) is 6.10 Å². The van der Waals surface area contributed by atoms with Gasteiger partial charge in [0.05, 0.1) is 42.7 Å². The van der Waals surface area contributed by atoms with E-state index in [0.29, 0.717) is 37.7 Å². The standard InChI is InChI=1S/C35H64O8/c1-3-4-5-6-7-8-9-10-11-15-18-31(39)33-21-22-34(43-33)32(40)20-19-30(38)25-29(37)17-14-12-13-16-28(36)24-27-23-26(2)42-35(27)41/h23,26,28-34,36-40H,3-22,24-25H2,1-2H3/t26-,28+,29-,30-,31-,32+,33+,34+/m0/s1. The van der Waals surface area contributed by atoms with Crippen LogP contribution in [0.25, 0.3) is 0 Å². The van der Waals surface area contributed by atoms with Gasteiger partial charge in [-0.3, -0.25) is 0 Å². The number of carbonyl (C=O) groups is 1. The number of esters is 1. The van der Waals surface area contributed by atoms with Crippen molar-refractivity contribution in [3.05, 3.63) is 11.6 Å². The molecule has 2 heterocycles. The summed E-state index contributed by atoms with van der Waals surface area (Å²) in [7, 11) is 0. The molecule has 0 saturated carbocycles. The van der Waals surface area contributed by atoms with Crippen LogP contribution < -0.4 is 0 Å². The van der Waals surface area contributed by atoms with E-state index in [-0.39, 0.29) is 30.7 Å². The number of carbonyl (C=O) groups excluding carboxylic acids is 1. The quantitative estimate of drug-likeness (QED) is 0.0590. The minimum Gasteiger partial charge on any atom is -0.455 e. The maximum atomic E-state index is 11.7. The normalized spacial score (nSPS) is 24.0. The molecule has 0 aliphatic carbocycles. The first-order chi connectivity index (χ1) is 20.7. The SMILES string of the molecule is CCCCCCCCCCCC[C@H](O)[C@H]1CC[C@H]([C@H](O)CC[C@H](O)C[C@@H](O)CCCCC[C@@H](O)CC2=C[C@H](C)OC2=O)O1. The zero-order chi connectivity index (χ0) is 31.5. The zero-order valence-corrected chi connectivity index (χ0v) is 27.2. The maximum absolute atomic E-state index is 11.7. The van der Waals surface area contributed by atoms with E-state index in [2.05, 4.69) is 6.92 Å². The second-order valence-corrected chi connectivity index (χ2v) is 13.3. The molecule has 0 aromatic heterocycles. The van der Waals surface area contributed by atoms with E-state index in [9.17, 15) is 30.3 Å². The number of cyclic esters (lactones) is 1. The van der Waals surface area contributed by atoms with Crippen molar-refractivity contribution in [1.82, 2.24) is 0 Å². The molecular formula is C35H64O8. The van der Waals surface area contributed by atoms with Crippen molar-refractivity contribution in [3.63, 3.8) is 0 Å². The lowest BCUT2D eigenvalue weighted by atomic mass is 9.97. The summed E-state index contributed by atoms with van der Waals surface area (Å²) in [6, 6.07) is 0. The average Bonchev–Trinajstić information content (AvgIpc) is 3.58. The number of aliphatic hydroxyl groups is 5. The van der Waals surface area contributed by atoms with Crippen LogP contribution >= 0.6 is 0 Å². The third-order valence-electron chi connectivity index (χ3n) is 9.16. The van der Waals surface area contributed by atoms with Crippen LogP contribution in [0.4, 0.5) is 0 Å². The predicted octanol–water partition coefficient (Wildman–Crippen LogP) is 6.03. The maximum Gasteiger partial charge on any atom is 0.334 e. The lowest BCUT2D eigenvalue weighted by molar-refractivity contribution is -0.139.